The third-order valence-electron chi connectivity index (χ3n) is 16.6. The van der Waals surface area contributed by atoms with Crippen LogP contribution in [0, 0.1) is 29.2 Å². The van der Waals surface area contributed by atoms with Gasteiger partial charge >= 0.3 is 0 Å². The minimum atomic E-state index is -1.09. The molecule has 2 amide bonds. The summed E-state index contributed by atoms with van der Waals surface area (Å²) in [5, 5.41) is 35.5. The first kappa shape index (κ1) is 65.3. The molecule has 11 aromatic rings. The fraction of sp³-hybridized carbons (Fsp3) is 0.364. The number of carbonyl (C=O) groups is 3. The van der Waals surface area contributed by atoms with Crippen LogP contribution < -0.4 is 22.5 Å². The molecule has 93 heavy (non-hydrogen) atoms. The molecule has 0 spiro atoms. The van der Waals surface area contributed by atoms with Gasteiger partial charge in [0.1, 0.15) is 51.4 Å². The van der Waals surface area contributed by atoms with Crippen LogP contribution in [0.3, 0.4) is 0 Å². The maximum absolute atomic E-state index is 14.4. The van der Waals surface area contributed by atoms with E-state index < -0.39 is 35.2 Å². The van der Waals surface area contributed by atoms with Gasteiger partial charge in [0.2, 0.25) is 12.3 Å². The molecule has 6 aliphatic carbocycles. The number of nitrogens with two attached hydrogens (primary N) is 3. The smallest absolute Gasteiger partial charge is 0.248 e. The monoisotopic (exact) mass is 1280 g/mol. The largest absolute Gasteiger partial charge is 0.366 e. The normalized spacial score (nSPS) is 15.8. The van der Waals surface area contributed by atoms with Gasteiger partial charge in [-0.1, -0.05) is 39.1 Å². The summed E-state index contributed by atoms with van der Waals surface area (Å²) < 4.78 is 64.7. The number of hydrogen-bond donors (Lipinski definition) is 4. The number of benzene rings is 6. The number of Topliss-reactive ketones (excluding diaryl/α,β-unsaturated/α-hetero) is 1. The number of rotatable bonds is 16. The molecule has 5 aromatic heterocycles. The van der Waals surface area contributed by atoms with Crippen LogP contribution in [0.4, 0.5) is 17.6 Å². The number of carbonyl (C=O) groups excluding carboxylic acids is 3. The highest BCUT2D eigenvalue weighted by atomic mass is 32.2. The summed E-state index contributed by atoms with van der Waals surface area (Å²) in [6.45, 7) is 1.78. The Morgan fingerprint density at radius 2 is 1.00 bits per heavy atom. The summed E-state index contributed by atoms with van der Waals surface area (Å²) in [6.07, 6.45) is 19.2. The van der Waals surface area contributed by atoms with Crippen molar-refractivity contribution in [1.82, 2.24) is 74.8 Å². The lowest BCUT2D eigenvalue weighted by Crippen LogP contribution is -2.29. The van der Waals surface area contributed by atoms with E-state index in [2.05, 4.69) is 74.3 Å². The van der Waals surface area contributed by atoms with Crippen LogP contribution in [0.15, 0.2) is 116 Å². The molecule has 1 atom stereocenters. The molecule has 6 aromatic carbocycles. The summed E-state index contributed by atoms with van der Waals surface area (Å²) in [6, 6.07) is 31.0. The Morgan fingerprint density at radius 3 is 1.43 bits per heavy atom. The van der Waals surface area contributed by atoms with Crippen molar-refractivity contribution < 1.29 is 31.9 Å². The molecular weight excluding hydrogens is 1210 g/mol. The van der Waals surface area contributed by atoms with Gasteiger partial charge in [-0.15, -0.1) is 20.4 Å². The number of hydrogen-bond acceptors (Lipinski definition) is 15. The molecule has 0 bridgehead atoms. The Morgan fingerprint density at radius 1 is 0.570 bits per heavy atom. The first-order valence-corrected chi connectivity index (χ1v) is 32.5. The van der Waals surface area contributed by atoms with Crippen LogP contribution in [0.1, 0.15) is 151 Å². The molecule has 479 valence electrons. The summed E-state index contributed by atoms with van der Waals surface area (Å²) in [5.74, 6) is -2.71. The molecule has 1 unspecified atom stereocenters. The SMILES string of the molecule is CSC.Fc1ccc(F)c(-c2ncn(Cc3ccc4nnn(C5CC5)c4c3)c2C2CC2)c1.NC(=O)c1ccc2nnn(C3CC3)c2c1.NCc1ccc2nnn(C3CC3)c2c1.NCc1ccc2nnn(C3CC3)c2c1.O=CNC(C(=O)C1CC1)c1cc(F)ccc1F.[B]. The summed E-state index contributed by atoms with van der Waals surface area (Å²) >= 11 is 1.75. The van der Waals surface area contributed by atoms with Gasteiger partial charge in [-0.05, 0) is 197 Å². The van der Waals surface area contributed by atoms with Crippen molar-refractivity contribution in [3.8, 4) is 11.3 Å². The number of nitrogens with one attached hydrogen (secondary N) is 1. The zero-order valence-electron chi connectivity index (χ0n) is 51.4. The molecule has 0 saturated heterocycles. The Balaban J connectivity index is 0.000000121. The van der Waals surface area contributed by atoms with Crippen LogP contribution in [-0.4, -0.2) is 109 Å². The van der Waals surface area contributed by atoms with E-state index in [1.807, 2.05) is 67.6 Å². The molecular formula is C66H70BF4N18O3S. The lowest BCUT2D eigenvalue weighted by molar-refractivity contribution is -0.124. The molecule has 7 N–H and O–H groups in total. The van der Waals surface area contributed by atoms with E-state index in [4.69, 9.17) is 17.2 Å². The molecule has 17 rings (SSSR count). The number of thioether (sulfide) groups is 1. The second kappa shape index (κ2) is 28.8. The zero-order chi connectivity index (χ0) is 64.2. The maximum Gasteiger partial charge on any atom is 0.248 e. The second-order valence-electron chi connectivity index (χ2n) is 24.0. The fourth-order valence-electron chi connectivity index (χ4n) is 10.9. The van der Waals surface area contributed by atoms with Gasteiger partial charge in [-0.25, -0.2) is 41.3 Å². The highest BCUT2D eigenvalue weighted by molar-refractivity contribution is 7.97. The van der Waals surface area contributed by atoms with Gasteiger partial charge in [0, 0.05) is 62.3 Å². The van der Waals surface area contributed by atoms with Crippen LogP contribution in [0.5, 0.6) is 0 Å². The van der Waals surface area contributed by atoms with Crippen LogP contribution >= 0.6 is 11.8 Å². The zero-order valence-corrected chi connectivity index (χ0v) is 52.2. The number of primary amides is 1. The first-order chi connectivity index (χ1) is 44.7. The lowest BCUT2D eigenvalue weighted by Gasteiger charge is -2.15. The number of halogens is 4. The number of ketones is 1. The van der Waals surface area contributed by atoms with Crippen molar-refractivity contribution in [2.45, 2.75) is 133 Å². The van der Waals surface area contributed by atoms with Crippen molar-refractivity contribution >= 4 is 82.4 Å². The van der Waals surface area contributed by atoms with Crippen molar-refractivity contribution in [2.24, 2.45) is 23.1 Å². The lowest BCUT2D eigenvalue weighted by atomic mass is 9.99. The van der Waals surface area contributed by atoms with Gasteiger partial charge in [-0.3, -0.25) is 14.4 Å². The molecule has 3 radical (unpaired) electrons. The number of imidazole rings is 1. The Kier molecular flexibility index (Phi) is 20.2. The van der Waals surface area contributed by atoms with E-state index in [-0.39, 0.29) is 31.2 Å². The predicted octanol–water partition coefficient (Wildman–Crippen LogP) is 10.5. The minimum absolute atomic E-state index is 0. The van der Waals surface area contributed by atoms with Gasteiger partial charge in [-0.2, -0.15) is 11.8 Å². The molecule has 6 fully saturated rings. The summed E-state index contributed by atoms with van der Waals surface area (Å²) in [4.78, 5) is 37.8. The minimum Gasteiger partial charge on any atom is -0.366 e. The molecule has 5 heterocycles. The molecule has 27 heteroatoms. The number of nitrogens with zero attached hydrogens (tertiary/aromatic N) is 14. The highest BCUT2D eigenvalue weighted by Crippen LogP contribution is 2.45. The third-order valence-corrected chi connectivity index (χ3v) is 16.6. The van der Waals surface area contributed by atoms with Gasteiger partial charge in [0.15, 0.2) is 5.78 Å². The van der Waals surface area contributed by atoms with Crippen LogP contribution in [-0.2, 0) is 29.2 Å². The standard InChI is InChI=1S/C22H19F2N5.C12H11F2NO2.C10H10N4O.2C10H12N4.C2H6S.B/c23-15-4-7-18(24)17(10-15)21-22(14-2-3-14)28(12-25-21)11-13-1-8-19-20(9-13)29(27-26-19)16-5-6-16;13-8-3-4-10(14)9(5-8)11(15-6-16)12(17)7-1-2-7;11-10(15)6-1-4-8-9(5-6)14(13-12-8)7-2-3-7;2*11-6-7-1-4-9-10(5-7)14(13-12-9)8-2-3-8;1-3-2;/h1,4,7-10,12,14,16H,2-3,5-6,11H2;3-7,11H,1-2H2,(H,15,16);1,4-5,7H,2-3H2,(H2,11,15);2*1,4-5,8H,2-3,6,11H2;1-2H3;. The molecule has 6 aliphatic rings. The van der Waals surface area contributed by atoms with Crippen LogP contribution in [0.25, 0.3) is 55.4 Å². The first-order valence-electron chi connectivity index (χ1n) is 30.9. The molecule has 6 saturated carbocycles. The van der Waals surface area contributed by atoms with Gasteiger partial charge in [0.25, 0.3) is 0 Å². The Labute approximate surface area is 538 Å². The fourth-order valence-corrected chi connectivity index (χ4v) is 10.9. The van der Waals surface area contributed by atoms with Gasteiger partial charge < -0.3 is 27.1 Å². The second-order valence-corrected chi connectivity index (χ2v) is 24.8. The van der Waals surface area contributed by atoms with E-state index in [1.165, 1.54) is 37.8 Å². The quantitative estimate of drug-likeness (QED) is 0.0398. The van der Waals surface area contributed by atoms with E-state index in [1.54, 1.807) is 36.3 Å². The van der Waals surface area contributed by atoms with E-state index >= 15 is 0 Å². The molecule has 21 nitrogen and oxygen atoms in total. The average molecular weight is 1280 g/mol. The Bertz CT molecular complexity index is 4380. The van der Waals surface area contributed by atoms with Gasteiger partial charge in [0.05, 0.1) is 58.3 Å². The van der Waals surface area contributed by atoms with E-state index in [9.17, 15) is 31.9 Å². The van der Waals surface area contributed by atoms with Crippen LogP contribution in [0.2, 0.25) is 0 Å². The van der Waals surface area contributed by atoms with Crippen molar-refractivity contribution in [3.63, 3.8) is 0 Å². The molecule has 0 aliphatic heterocycles. The van der Waals surface area contributed by atoms with E-state index in [0.717, 1.165) is 142 Å². The third kappa shape index (κ3) is 15.5. The maximum atomic E-state index is 14.4. The topological polar surface area (TPSA) is 282 Å². The summed E-state index contributed by atoms with van der Waals surface area (Å²) in [5.41, 5.74) is 29.8. The van der Waals surface area contributed by atoms with Crippen molar-refractivity contribution in [2.75, 3.05) is 12.5 Å². The summed E-state index contributed by atoms with van der Waals surface area (Å²) in [7, 11) is 0. The number of amides is 2. The average Bonchev–Trinajstić information content (AvgIpc) is 2.21. The van der Waals surface area contributed by atoms with Crippen molar-refractivity contribution in [1.29, 1.82) is 0 Å². The van der Waals surface area contributed by atoms with Crippen molar-refractivity contribution in [3.05, 3.63) is 172 Å². The predicted molar refractivity (Wildman–Crippen MR) is 347 cm³/mol. The number of aromatic nitrogens is 14. The number of fused-ring (bicyclic) bond motifs is 4. The Hall–Kier alpha value is -9.21. The van der Waals surface area contributed by atoms with E-state index in [0.29, 0.717) is 67.4 Å². The highest BCUT2D eigenvalue weighted by Gasteiger charge is 2.37.